The Labute approximate surface area is 92.5 Å². The highest BCUT2D eigenvalue weighted by molar-refractivity contribution is 5.79. The van der Waals surface area contributed by atoms with E-state index in [0.29, 0.717) is 6.61 Å². The number of rotatable bonds is 0. The Morgan fingerprint density at radius 3 is 3.00 bits per heavy atom. The topological polar surface area (TPSA) is 21.6 Å². The number of fused-ring (bicyclic) bond motifs is 4. The fourth-order valence-electron chi connectivity index (χ4n) is 2.34. The lowest BCUT2D eigenvalue weighted by Crippen LogP contribution is -2.12. The predicted molar refractivity (Wildman–Crippen MR) is 61.6 cm³/mol. The van der Waals surface area contributed by atoms with E-state index in [1.54, 1.807) is 0 Å². The first-order chi connectivity index (χ1) is 7.92. The predicted octanol–water partition coefficient (Wildman–Crippen LogP) is 1.89. The van der Waals surface area contributed by atoms with Crippen LogP contribution < -0.4 is 10.6 Å². The Hall–Kier alpha value is -2.09. The second-order valence-corrected chi connectivity index (χ2v) is 4.13. The van der Waals surface area contributed by atoms with Gasteiger partial charge < -0.3 is 4.74 Å². The zero-order valence-electron chi connectivity index (χ0n) is 8.60. The van der Waals surface area contributed by atoms with Crippen molar-refractivity contribution >= 4 is 11.9 Å². The molecule has 2 heterocycles. The summed E-state index contributed by atoms with van der Waals surface area (Å²) in [5, 5.41) is 2.25. The Morgan fingerprint density at radius 1 is 1.06 bits per heavy atom. The highest BCUT2D eigenvalue weighted by Crippen LogP contribution is 2.31. The number of para-hydroxylation sites is 1. The second kappa shape index (κ2) is 2.73. The van der Waals surface area contributed by atoms with Crippen LogP contribution in [0.4, 0.5) is 5.69 Å². The van der Waals surface area contributed by atoms with E-state index in [2.05, 4.69) is 35.3 Å². The lowest BCUT2D eigenvalue weighted by atomic mass is 10.0. The lowest BCUT2D eigenvalue weighted by Gasteiger charge is -1.98. The van der Waals surface area contributed by atoms with Crippen molar-refractivity contribution in [3.63, 3.8) is 0 Å². The first kappa shape index (κ1) is 8.11. The molecule has 0 amide bonds. The Bertz CT molecular complexity index is 716. The van der Waals surface area contributed by atoms with Crippen molar-refractivity contribution in [3.8, 4) is 11.1 Å². The van der Waals surface area contributed by atoms with Crippen LogP contribution >= 0.6 is 0 Å². The Kier molecular flexibility index (Phi) is 1.38. The van der Waals surface area contributed by atoms with E-state index in [1.807, 2.05) is 12.3 Å². The summed E-state index contributed by atoms with van der Waals surface area (Å²) < 4.78 is 5.31. The van der Waals surface area contributed by atoms with Crippen molar-refractivity contribution in [2.75, 3.05) is 0 Å². The van der Waals surface area contributed by atoms with Gasteiger partial charge in [-0.25, -0.2) is 4.99 Å². The fourth-order valence-corrected chi connectivity index (χ4v) is 2.34. The highest BCUT2D eigenvalue weighted by Gasteiger charge is 2.15. The fraction of sp³-hybridized carbons (Fsp3) is 0.0714. The SMILES string of the molecule is C1=c2cc3c(cc2CO1)=Nc1ccccc1-3. The molecule has 0 spiro atoms. The summed E-state index contributed by atoms with van der Waals surface area (Å²) in [4.78, 5) is 4.62. The molecule has 0 radical (unpaired) electrons. The summed E-state index contributed by atoms with van der Waals surface area (Å²) in [7, 11) is 0. The number of benzene rings is 2. The number of nitrogens with zero attached hydrogens (tertiary/aromatic N) is 1. The van der Waals surface area contributed by atoms with Gasteiger partial charge in [-0.05, 0) is 18.2 Å². The van der Waals surface area contributed by atoms with Crippen molar-refractivity contribution < 1.29 is 4.74 Å². The van der Waals surface area contributed by atoms with Gasteiger partial charge in [0, 0.05) is 21.9 Å². The average Bonchev–Trinajstić information content (AvgIpc) is 2.88. The maximum atomic E-state index is 5.31. The molecule has 2 nitrogen and oxygen atoms in total. The molecule has 4 rings (SSSR count). The molecule has 0 saturated heterocycles. The second-order valence-electron chi connectivity index (χ2n) is 4.13. The minimum Gasteiger partial charge on any atom is -0.496 e. The largest absolute Gasteiger partial charge is 0.496 e. The van der Waals surface area contributed by atoms with Gasteiger partial charge in [0.2, 0.25) is 0 Å². The van der Waals surface area contributed by atoms with Crippen LogP contribution in [-0.2, 0) is 11.3 Å². The highest BCUT2D eigenvalue weighted by atomic mass is 16.5. The molecule has 0 fully saturated rings. The van der Waals surface area contributed by atoms with E-state index in [4.69, 9.17) is 4.74 Å². The van der Waals surface area contributed by atoms with Gasteiger partial charge in [-0.3, -0.25) is 0 Å². The third-order valence-electron chi connectivity index (χ3n) is 3.14. The monoisotopic (exact) mass is 207 g/mol. The molecule has 0 saturated carbocycles. The van der Waals surface area contributed by atoms with E-state index >= 15 is 0 Å². The van der Waals surface area contributed by atoms with Gasteiger partial charge in [0.15, 0.2) is 0 Å². The minimum absolute atomic E-state index is 0.675. The summed E-state index contributed by atoms with van der Waals surface area (Å²) in [6.07, 6.45) is 1.83. The smallest absolute Gasteiger partial charge is 0.113 e. The molecule has 2 aromatic rings. The average molecular weight is 207 g/mol. The molecule has 2 heteroatoms. The molecule has 2 aliphatic rings. The van der Waals surface area contributed by atoms with E-state index in [-0.39, 0.29) is 0 Å². The zero-order valence-corrected chi connectivity index (χ0v) is 8.60. The standard InChI is InChI=1S/C14H9NO/c1-2-4-13-11(3-1)12-5-9-7-16-8-10(9)6-14(12)15-13/h1-7H,8H2. The lowest BCUT2D eigenvalue weighted by molar-refractivity contribution is 0.297. The molecule has 0 atom stereocenters. The molecule has 0 N–H and O–H groups in total. The van der Waals surface area contributed by atoms with Crippen molar-refractivity contribution in [2.45, 2.75) is 6.61 Å². The number of hydrogen-bond acceptors (Lipinski definition) is 2. The zero-order chi connectivity index (χ0) is 10.5. The van der Waals surface area contributed by atoms with Gasteiger partial charge in [-0.1, -0.05) is 18.2 Å². The summed E-state index contributed by atoms with van der Waals surface area (Å²) in [5.74, 6) is 0. The van der Waals surface area contributed by atoms with Crippen LogP contribution in [0.5, 0.6) is 0 Å². The van der Waals surface area contributed by atoms with Gasteiger partial charge in [0.25, 0.3) is 0 Å². The van der Waals surface area contributed by atoms with Crippen LogP contribution in [0.3, 0.4) is 0 Å². The van der Waals surface area contributed by atoms with Gasteiger partial charge in [-0.15, -0.1) is 0 Å². The van der Waals surface area contributed by atoms with Crippen LogP contribution in [0.15, 0.2) is 41.4 Å². The summed E-state index contributed by atoms with van der Waals surface area (Å²) in [6.45, 7) is 0.675. The maximum absolute atomic E-state index is 5.31. The molecule has 0 aromatic heterocycles. The Morgan fingerprint density at radius 2 is 2.00 bits per heavy atom. The van der Waals surface area contributed by atoms with E-state index in [1.165, 1.54) is 21.9 Å². The molecule has 76 valence electrons. The van der Waals surface area contributed by atoms with Gasteiger partial charge in [0.05, 0.1) is 17.3 Å². The first-order valence-corrected chi connectivity index (χ1v) is 5.35. The van der Waals surface area contributed by atoms with Crippen molar-refractivity contribution in [3.05, 3.63) is 52.5 Å². The van der Waals surface area contributed by atoms with Gasteiger partial charge in [0.1, 0.15) is 6.61 Å². The minimum atomic E-state index is 0.675. The quantitative estimate of drug-likeness (QED) is 0.551. The summed E-state index contributed by atoms with van der Waals surface area (Å²) in [5.41, 5.74) is 4.74. The van der Waals surface area contributed by atoms with Crippen LogP contribution in [0, 0.1) is 0 Å². The molecule has 2 aromatic carbocycles. The summed E-state index contributed by atoms with van der Waals surface area (Å²) >= 11 is 0. The molecular formula is C14H9NO. The van der Waals surface area contributed by atoms with E-state index in [0.717, 1.165) is 11.0 Å². The molecule has 2 aliphatic heterocycles. The third kappa shape index (κ3) is 0.936. The van der Waals surface area contributed by atoms with Crippen LogP contribution in [-0.4, -0.2) is 0 Å². The first-order valence-electron chi connectivity index (χ1n) is 5.35. The van der Waals surface area contributed by atoms with Crippen LogP contribution in [0.1, 0.15) is 5.56 Å². The molecule has 0 unspecified atom stereocenters. The van der Waals surface area contributed by atoms with Gasteiger partial charge >= 0.3 is 0 Å². The molecule has 0 aliphatic carbocycles. The molecule has 16 heavy (non-hydrogen) atoms. The summed E-state index contributed by atoms with van der Waals surface area (Å²) in [6, 6.07) is 12.6. The maximum Gasteiger partial charge on any atom is 0.113 e. The van der Waals surface area contributed by atoms with E-state index in [9.17, 15) is 0 Å². The van der Waals surface area contributed by atoms with E-state index < -0.39 is 0 Å². The Balaban J connectivity index is 2.13. The van der Waals surface area contributed by atoms with Gasteiger partial charge in [-0.2, -0.15) is 0 Å². The van der Waals surface area contributed by atoms with Crippen molar-refractivity contribution in [2.24, 2.45) is 4.99 Å². The number of hydrogen-bond donors (Lipinski definition) is 0. The normalized spacial score (nSPS) is 14.2. The molecule has 0 bridgehead atoms. The third-order valence-corrected chi connectivity index (χ3v) is 3.14. The van der Waals surface area contributed by atoms with Crippen LogP contribution in [0.2, 0.25) is 0 Å². The van der Waals surface area contributed by atoms with Crippen molar-refractivity contribution in [1.29, 1.82) is 0 Å². The van der Waals surface area contributed by atoms with Crippen molar-refractivity contribution in [1.82, 2.24) is 0 Å². The number of ether oxygens (including phenoxy) is 1. The van der Waals surface area contributed by atoms with Crippen LogP contribution in [0.25, 0.3) is 17.4 Å². The molecular weight excluding hydrogens is 198 g/mol.